The first-order valence-corrected chi connectivity index (χ1v) is 16.6. The Hall–Kier alpha value is -3.88. The number of nitrogens with zero attached hydrogens (tertiary/aromatic N) is 4. The molecule has 5 rings (SSSR count). The zero-order valence-electron chi connectivity index (χ0n) is 27.0. The van der Waals surface area contributed by atoms with Gasteiger partial charge < -0.3 is 29.6 Å². The van der Waals surface area contributed by atoms with Crippen LogP contribution in [0.15, 0.2) is 48.8 Å². The minimum atomic E-state index is -4.43. The number of esters is 1. The summed E-state index contributed by atoms with van der Waals surface area (Å²) in [5.74, 6) is -0.512. The molecule has 47 heavy (non-hydrogen) atoms. The van der Waals surface area contributed by atoms with Crippen LogP contribution in [0.5, 0.6) is 11.6 Å². The van der Waals surface area contributed by atoms with Gasteiger partial charge in [0.2, 0.25) is 11.8 Å². The summed E-state index contributed by atoms with van der Waals surface area (Å²) in [6.45, 7) is 8.27. The van der Waals surface area contributed by atoms with Crippen molar-refractivity contribution >= 4 is 41.6 Å². The van der Waals surface area contributed by atoms with Crippen LogP contribution in [0.25, 0.3) is 21.9 Å². The smallest absolute Gasteiger partial charge is 0.459 e. The molecule has 254 valence electrons. The number of carbonyl (C=O) groups is 1. The number of carbonyl (C=O) groups excluding carboxylic acids is 1. The number of hydrogen-bond donors (Lipinski definition) is 3. The first kappa shape index (κ1) is 34.5. The third kappa shape index (κ3) is 7.49. The molecule has 4 aromatic rings. The molecule has 2 aromatic carbocycles. The highest BCUT2D eigenvalue weighted by Gasteiger charge is 2.55. The molecule has 14 nitrogen and oxygen atoms in total. The van der Waals surface area contributed by atoms with Gasteiger partial charge >= 0.3 is 13.7 Å². The Morgan fingerprint density at radius 3 is 2.68 bits per heavy atom. The van der Waals surface area contributed by atoms with Crippen molar-refractivity contribution in [3.05, 3.63) is 48.8 Å². The van der Waals surface area contributed by atoms with Gasteiger partial charge in [0.1, 0.15) is 23.5 Å². The number of nitrogen functional groups attached to an aromatic ring is 1. The molecule has 4 N–H and O–H groups in total. The fraction of sp³-hybridized carbons (Fsp3) is 0.484. The minimum Gasteiger partial charge on any atom is -0.479 e. The number of hydrogen-bond acceptors (Lipinski definition) is 12. The van der Waals surface area contributed by atoms with E-state index in [1.165, 1.54) is 31.9 Å². The quantitative estimate of drug-likeness (QED) is 0.139. The summed E-state index contributed by atoms with van der Waals surface area (Å²) in [7, 11) is -3.05. The van der Waals surface area contributed by atoms with Crippen molar-refractivity contribution < 1.29 is 42.1 Å². The second kappa shape index (κ2) is 13.3. The van der Waals surface area contributed by atoms with E-state index in [9.17, 15) is 14.5 Å². The number of aliphatic hydroxyl groups is 1. The number of methoxy groups -OCH3 is 1. The molecule has 0 saturated carbocycles. The van der Waals surface area contributed by atoms with Crippen LogP contribution in [-0.2, 0) is 23.4 Å². The molecule has 0 bridgehead atoms. The van der Waals surface area contributed by atoms with Crippen LogP contribution in [-0.4, -0.2) is 74.8 Å². The van der Waals surface area contributed by atoms with Crippen molar-refractivity contribution in [3.8, 4) is 11.6 Å². The summed E-state index contributed by atoms with van der Waals surface area (Å²) >= 11 is 0. The third-order valence-corrected chi connectivity index (χ3v) is 9.35. The number of anilines is 1. The van der Waals surface area contributed by atoms with E-state index in [1.54, 1.807) is 24.3 Å². The molecular weight excluding hydrogens is 634 g/mol. The number of imidazole rings is 1. The van der Waals surface area contributed by atoms with Crippen molar-refractivity contribution in [1.29, 1.82) is 0 Å². The standard InChI is InChI=1S/C31H40FN6O8P/c1-18(27(39)43-15-14-30(2,3)4)37-47(41,46-21-13-9-11-19-10-7-8-12-20(19)21)44-16-22-24(32)31(5,40)28(45-22)38-17-34-23-25(38)35-29(33)36-26(23)42-6/h7-13,17-18,22,24,28,40H,14-16H2,1-6H3,(H,37,41)(H2,33,35,36)/t18-,22+,24+,28+,31+,47?/m0/s1. The zero-order chi connectivity index (χ0) is 34.1. The first-order valence-electron chi connectivity index (χ1n) is 15.0. The van der Waals surface area contributed by atoms with Crippen LogP contribution >= 0.6 is 7.75 Å². The number of benzene rings is 2. The van der Waals surface area contributed by atoms with Gasteiger partial charge in [0.15, 0.2) is 23.6 Å². The Morgan fingerprint density at radius 1 is 1.23 bits per heavy atom. The summed E-state index contributed by atoms with van der Waals surface area (Å²) < 4.78 is 59.8. The molecule has 1 unspecified atom stereocenters. The Balaban J connectivity index is 1.38. The van der Waals surface area contributed by atoms with E-state index in [1.807, 2.05) is 39.0 Å². The highest BCUT2D eigenvalue weighted by atomic mass is 31.2. The van der Waals surface area contributed by atoms with Crippen LogP contribution in [0.2, 0.25) is 0 Å². The lowest BCUT2D eigenvalue weighted by atomic mass is 9.93. The summed E-state index contributed by atoms with van der Waals surface area (Å²) in [6.07, 6.45) is -2.91. The summed E-state index contributed by atoms with van der Waals surface area (Å²) in [4.78, 5) is 25.2. The fourth-order valence-electron chi connectivity index (χ4n) is 5.12. The first-order chi connectivity index (χ1) is 22.1. The molecule has 1 fully saturated rings. The maximum atomic E-state index is 15.9. The van der Waals surface area contributed by atoms with Crippen molar-refractivity contribution in [2.45, 2.75) is 71.2 Å². The van der Waals surface area contributed by atoms with E-state index < -0.39 is 50.5 Å². The van der Waals surface area contributed by atoms with Gasteiger partial charge in [-0.1, -0.05) is 57.2 Å². The van der Waals surface area contributed by atoms with Gasteiger partial charge in [0.05, 0.1) is 26.7 Å². The van der Waals surface area contributed by atoms with Crippen LogP contribution in [0, 0.1) is 5.41 Å². The topological polar surface area (TPSA) is 182 Å². The third-order valence-electron chi connectivity index (χ3n) is 7.72. The van der Waals surface area contributed by atoms with E-state index in [-0.39, 0.29) is 40.8 Å². The average Bonchev–Trinajstić information content (AvgIpc) is 3.52. The summed E-state index contributed by atoms with van der Waals surface area (Å²) in [5, 5.41) is 15.3. The van der Waals surface area contributed by atoms with Crippen molar-refractivity contribution in [3.63, 3.8) is 0 Å². The number of aromatic nitrogens is 4. The number of fused-ring (bicyclic) bond motifs is 2. The van der Waals surface area contributed by atoms with Gasteiger partial charge in [-0.05, 0) is 37.1 Å². The summed E-state index contributed by atoms with van der Waals surface area (Å²) in [6, 6.07) is 11.3. The Bertz CT molecular complexity index is 1790. The Morgan fingerprint density at radius 2 is 1.96 bits per heavy atom. The van der Waals surface area contributed by atoms with E-state index in [2.05, 4.69) is 20.0 Å². The van der Waals surface area contributed by atoms with Crippen LogP contribution < -0.4 is 20.1 Å². The van der Waals surface area contributed by atoms with Gasteiger partial charge in [-0.2, -0.15) is 15.1 Å². The normalized spacial score (nSPS) is 23.4. The number of ether oxygens (including phenoxy) is 3. The van der Waals surface area contributed by atoms with Gasteiger partial charge in [-0.15, -0.1) is 0 Å². The molecule has 0 spiro atoms. The predicted molar refractivity (Wildman–Crippen MR) is 171 cm³/mol. The van der Waals surface area contributed by atoms with E-state index in [0.717, 1.165) is 5.39 Å². The van der Waals surface area contributed by atoms with Gasteiger partial charge in [-0.25, -0.2) is 13.9 Å². The molecule has 0 aliphatic carbocycles. The molecule has 0 amide bonds. The Labute approximate surface area is 271 Å². The molecule has 16 heteroatoms. The average molecular weight is 675 g/mol. The van der Waals surface area contributed by atoms with Crippen molar-refractivity contribution in [2.75, 3.05) is 26.1 Å². The van der Waals surface area contributed by atoms with Crippen molar-refractivity contribution in [2.24, 2.45) is 5.41 Å². The minimum absolute atomic E-state index is 0.0648. The van der Waals surface area contributed by atoms with Crippen molar-refractivity contribution in [1.82, 2.24) is 24.6 Å². The summed E-state index contributed by atoms with van der Waals surface area (Å²) in [5.41, 5.74) is 4.00. The second-order valence-electron chi connectivity index (χ2n) is 12.8. The highest BCUT2D eigenvalue weighted by molar-refractivity contribution is 7.52. The fourth-order valence-corrected chi connectivity index (χ4v) is 6.64. The number of rotatable bonds is 12. The molecule has 2 aromatic heterocycles. The number of nitrogens with two attached hydrogens (primary N) is 1. The number of halogens is 1. The van der Waals surface area contributed by atoms with Gasteiger partial charge in [0.25, 0.3) is 0 Å². The van der Waals surface area contributed by atoms with E-state index in [0.29, 0.717) is 11.8 Å². The molecule has 1 saturated heterocycles. The largest absolute Gasteiger partial charge is 0.479 e. The lowest BCUT2D eigenvalue weighted by Gasteiger charge is -2.26. The number of nitrogens with one attached hydrogen (secondary N) is 1. The van der Waals surface area contributed by atoms with Gasteiger partial charge in [-0.3, -0.25) is 13.9 Å². The van der Waals surface area contributed by atoms with Crippen LogP contribution in [0.1, 0.15) is 47.3 Å². The molecule has 1 aliphatic heterocycles. The molecule has 0 radical (unpaired) electrons. The second-order valence-corrected chi connectivity index (χ2v) is 14.5. The lowest BCUT2D eigenvalue weighted by molar-refractivity contribution is -0.145. The number of alkyl halides is 1. The molecule has 3 heterocycles. The highest BCUT2D eigenvalue weighted by Crippen LogP contribution is 2.49. The van der Waals surface area contributed by atoms with Gasteiger partial charge in [0, 0.05) is 5.39 Å². The Kier molecular flexibility index (Phi) is 9.76. The predicted octanol–water partition coefficient (Wildman–Crippen LogP) is 4.72. The van der Waals surface area contributed by atoms with E-state index in [4.69, 9.17) is 29.0 Å². The molecule has 6 atom stereocenters. The maximum Gasteiger partial charge on any atom is 0.459 e. The maximum absolute atomic E-state index is 15.9. The zero-order valence-corrected chi connectivity index (χ0v) is 27.9. The van der Waals surface area contributed by atoms with Crippen LogP contribution in [0.4, 0.5) is 10.3 Å². The molecular formula is C31H40FN6O8P. The van der Waals surface area contributed by atoms with Crippen LogP contribution in [0.3, 0.4) is 0 Å². The monoisotopic (exact) mass is 674 g/mol. The SMILES string of the molecule is COc1nc(N)nc2c1ncn2[C@@H]1O[C@H](COP(=O)(N[C@@H](C)C(=O)OCCC(C)(C)C)Oc2cccc3ccccc23)[C@@H](F)[C@@]1(C)O. The molecule has 1 aliphatic rings. The lowest BCUT2D eigenvalue weighted by Crippen LogP contribution is -2.42. The van der Waals surface area contributed by atoms with E-state index >= 15 is 4.39 Å².